The molecule has 0 bridgehead atoms. The van der Waals surface area contributed by atoms with E-state index in [0.717, 1.165) is 41.9 Å². The number of aryl methyl sites for hydroxylation is 2. The maximum atomic E-state index is 12.9. The Hall–Kier alpha value is -1.73. The molecule has 0 saturated heterocycles. The summed E-state index contributed by atoms with van der Waals surface area (Å²) in [5.41, 5.74) is 2.67. The number of nitrogens with zero attached hydrogens (tertiary/aromatic N) is 3. The van der Waals surface area contributed by atoms with Crippen molar-refractivity contribution in [2.75, 3.05) is 0 Å². The van der Waals surface area contributed by atoms with E-state index in [4.69, 9.17) is 0 Å². The van der Waals surface area contributed by atoms with Crippen molar-refractivity contribution in [3.8, 4) is 0 Å². The molecule has 1 N–H and O–H groups in total. The SMILES string of the molecule is Cc1cc(C(C)(C)C)cc(S(=O)(=O)NCc2nnc3n2CCC3)c1C. The summed E-state index contributed by atoms with van der Waals surface area (Å²) in [5, 5.41) is 8.24. The van der Waals surface area contributed by atoms with E-state index in [1.165, 1.54) is 0 Å². The number of nitrogens with one attached hydrogen (secondary N) is 1. The summed E-state index contributed by atoms with van der Waals surface area (Å²) in [6.45, 7) is 11.1. The molecule has 0 radical (unpaired) electrons. The Morgan fingerprint density at radius 3 is 2.60 bits per heavy atom. The number of hydrogen-bond donors (Lipinski definition) is 1. The van der Waals surface area contributed by atoms with Gasteiger partial charge in [0.05, 0.1) is 11.4 Å². The average Bonchev–Trinajstić information content (AvgIpc) is 3.10. The molecule has 0 amide bonds. The molecule has 25 heavy (non-hydrogen) atoms. The molecule has 1 aliphatic heterocycles. The maximum Gasteiger partial charge on any atom is 0.241 e. The molecule has 2 aromatic rings. The van der Waals surface area contributed by atoms with Gasteiger partial charge in [-0.05, 0) is 48.4 Å². The quantitative estimate of drug-likeness (QED) is 0.907. The van der Waals surface area contributed by atoms with Crippen LogP contribution in [0.15, 0.2) is 17.0 Å². The molecule has 0 spiro atoms. The fraction of sp³-hybridized carbons (Fsp3) is 0.556. The normalized spacial score (nSPS) is 14.8. The third kappa shape index (κ3) is 3.48. The summed E-state index contributed by atoms with van der Waals surface area (Å²) >= 11 is 0. The third-order valence-corrected chi connectivity index (χ3v) is 6.41. The first kappa shape index (κ1) is 18.1. The molecule has 7 heteroatoms. The van der Waals surface area contributed by atoms with Crippen molar-refractivity contribution in [3.63, 3.8) is 0 Å². The second-order valence-electron chi connectivity index (χ2n) is 7.78. The first-order chi connectivity index (χ1) is 11.6. The monoisotopic (exact) mass is 362 g/mol. The van der Waals surface area contributed by atoms with Crippen molar-refractivity contribution < 1.29 is 8.42 Å². The fourth-order valence-electron chi connectivity index (χ4n) is 3.12. The number of sulfonamides is 1. The van der Waals surface area contributed by atoms with E-state index in [2.05, 4.69) is 41.8 Å². The Kier molecular flexibility index (Phi) is 4.49. The summed E-state index contributed by atoms with van der Waals surface area (Å²) < 4.78 is 30.5. The van der Waals surface area contributed by atoms with Gasteiger partial charge >= 0.3 is 0 Å². The van der Waals surface area contributed by atoms with Gasteiger partial charge < -0.3 is 4.57 Å². The van der Waals surface area contributed by atoms with E-state index < -0.39 is 10.0 Å². The number of hydrogen-bond acceptors (Lipinski definition) is 4. The Labute approximate surface area is 149 Å². The molecule has 1 aliphatic rings. The molecule has 0 fully saturated rings. The minimum Gasteiger partial charge on any atom is -0.314 e. The second-order valence-corrected chi connectivity index (χ2v) is 9.51. The van der Waals surface area contributed by atoms with Crippen LogP contribution < -0.4 is 4.72 Å². The lowest BCUT2D eigenvalue weighted by Gasteiger charge is -2.22. The molecule has 2 heterocycles. The van der Waals surface area contributed by atoms with Crippen LogP contribution in [0.5, 0.6) is 0 Å². The van der Waals surface area contributed by atoms with Crippen molar-refractivity contribution >= 4 is 10.0 Å². The third-order valence-electron chi connectivity index (χ3n) is 4.88. The average molecular weight is 362 g/mol. The number of benzene rings is 1. The highest BCUT2D eigenvalue weighted by Crippen LogP contribution is 2.29. The Balaban J connectivity index is 1.90. The van der Waals surface area contributed by atoms with Crippen LogP contribution in [-0.4, -0.2) is 23.2 Å². The lowest BCUT2D eigenvalue weighted by molar-refractivity contribution is 0.570. The zero-order valence-corrected chi connectivity index (χ0v) is 16.4. The van der Waals surface area contributed by atoms with Gasteiger partial charge in [0, 0.05) is 13.0 Å². The molecular weight excluding hydrogens is 336 g/mol. The maximum absolute atomic E-state index is 12.9. The van der Waals surface area contributed by atoms with E-state index in [-0.39, 0.29) is 12.0 Å². The zero-order chi connectivity index (χ0) is 18.4. The van der Waals surface area contributed by atoms with Gasteiger partial charge in [0.15, 0.2) is 0 Å². The lowest BCUT2D eigenvalue weighted by atomic mass is 9.85. The van der Waals surface area contributed by atoms with Gasteiger partial charge in [-0.15, -0.1) is 10.2 Å². The summed E-state index contributed by atoms with van der Waals surface area (Å²) in [6.07, 6.45) is 1.95. The Bertz CT molecular complexity index is 908. The highest BCUT2D eigenvalue weighted by Gasteiger charge is 2.24. The Morgan fingerprint density at radius 1 is 1.20 bits per heavy atom. The van der Waals surface area contributed by atoms with Crippen molar-refractivity contribution in [1.82, 2.24) is 19.5 Å². The van der Waals surface area contributed by atoms with Gasteiger partial charge in [0.25, 0.3) is 0 Å². The zero-order valence-electron chi connectivity index (χ0n) is 15.5. The molecule has 6 nitrogen and oxygen atoms in total. The molecule has 1 aromatic carbocycles. The van der Waals surface area contributed by atoms with Gasteiger partial charge in [0.1, 0.15) is 11.6 Å². The Morgan fingerprint density at radius 2 is 1.92 bits per heavy atom. The second kappa shape index (κ2) is 6.21. The summed E-state index contributed by atoms with van der Waals surface area (Å²) in [6, 6.07) is 3.86. The van der Waals surface area contributed by atoms with E-state index in [1.54, 1.807) is 6.07 Å². The van der Waals surface area contributed by atoms with Crippen LogP contribution in [0.3, 0.4) is 0 Å². The van der Waals surface area contributed by atoms with Gasteiger partial charge in [-0.1, -0.05) is 26.8 Å². The topological polar surface area (TPSA) is 76.9 Å². The van der Waals surface area contributed by atoms with Crippen LogP contribution in [0.4, 0.5) is 0 Å². The summed E-state index contributed by atoms with van der Waals surface area (Å²) in [4.78, 5) is 0.346. The minimum atomic E-state index is -3.62. The van der Waals surface area contributed by atoms with Gasteiger partial charge in [-0.3, -0.25) is 0 Å². The molecule has 1 aromatic heterocycles. The van der Waals surface area contributed by atoms with E-state index >= 15 is 0 Å². The fourth-order valence-corrected chi connectivity index (χ4v) is 4.44. The molecular formula is C18H26N4O2S. The van der Waals surface area contributed by atoms with Crippen molar-refractivity contribution in [3.05, 3.63) is 40.5 Å². The van der Waals surface area contributed by atoms with Crippen LogP contribution in [0.25, 0.3) is 0 Å². The molecule has 0 saturated carbocycles. The van der Waals surface area contributed by atoms with Crippen molar-refractivity contribution in [2.45, 2.75) is 70.9 Å². The molecule has 0 unspecified atom stereocenters. The molecule has 0 atom stereocenters. The predicted molar refractivity (Wildman–Crippen MR) is 97.0 cm³/mol. The molecule has 0 aliphatic carbocycles. The first-order valence-corrected chi connectivity index (χ1v) is 10.1. The summed E-state index contributed by atoms with van der Waals surface area (Å²) in [5.74, 6) is 1.62. The largest absolute Gasteiger partial charge is 0.314 e. The minimum absolute atomic E-state index is 0.115. The van der Waals surface area contributed by atoms with Gasteiger partial charge in [0.2, 0.25) is 10.0 Å². The van der Waals surface area contributed by atoms with Gasteiger partial charge in [-0.25, -0.2) is 13.1 Å². The number of fused-ring (bicyclic) bond motifs is 1. The van der Waals surface area contributed by atoms with Crippen LogP contribution in [-0.2, 0) is 34.9 Å². The van der Waals surface area contributed by atoms with Crippen molar-refractivity contribution in [2.24, 2.45) is 0 Å². The van der Waals surface area contributed by atoms with Gasteiger partial charge in [-0.2, -0.15) is 0 Å². The summed E-state index contributed by atoms with van der Waals surface area (Å²) in [7, 11) is -3.62. The molecule has 3 rings (SSSR count). The highest BCUT2D eigenvalue weighted by atomic mass is 32.2. The lowest BCUT2D eigenvalue weighted by Crippen LogP contribution is -2.26. The number of rotatable bonds is 4. The van der Waals surface area contributed by atoms with E-state index in [1.807, 2.05) is 18.4 Å². The van der Waals surface area contributed by atoms with E-state index in [0.29, 0.717) is 10.7 Å². The predicted octanol–water partition coefficient (Wildman–Crippen LogP) is 2.62. The van der Waals surface area contributed by atoms with Crippen LogP contribution in [0.2, 0.25) is 0 Å². The molecule has 136 valence electrons. The highest BCUT2D eigenvalue weighted by molar-refractivity contribution is 7.89. The smallest absolute Gasteiger partial charge is 0.241 e. The number of aromatic nitrogens is 3. The van der Waals surface area contributed by atoms with Crippen LogP contribution in [0, 0.1) is 13.8 Å². The van der Waals surface area contributed by atoms with Crippen molar-refractivity contribution in [1.29, 1.82) is 0 Å². The van der Waals surface area contributed by atoms with E-state index in [9.17, 15) is 8.42 Å². The first-order valence-electron chi connectivity index (χ1n) is 8.62. The van der Waals surface area contributed by atoms with Crippen LogP contribution >= 0.6 is 0 Å². The standard InChI is InChI=1S/C18H26N4O2S/c1-12-9-14(18(3,4)5)10-15(13(12)2)25(23,24)19-11-17-21-20-16-7-6-8-22(16)17/h9-10,19H,6-8,11H2,1-5H3. The van der Waals surface area contributed by atoms with Crippen LogP contribution in [0.1, 0.15) is 55.5 Å².